The van der Waals surface area contributed by atoms with Crippen LogP contribution in [0.3, 0.4) is 0 Å². The van der Waals surface area contributed by atoms with Crippen LogP contribution in [0.5, 0.6) is 0 Å². The van der Waals surface area contributed by atoms with Crippen LogP contribution in [0.2, 0.25) is 0 Å². The van der Waals surface area contributed by atoms with E-state index in [0.717, 1.165) is 11.3 Å². The fourth-order valence-electron chi connectivity index (χ4n) is 1.48. The third kappa shape index (κ3) is 5.46. The van der Waals surface area contributed by atoms with Crippen LogP contribution in [0.25, 0.3) is 0 Å². The number of unbranched alkanes of at least 4 members (excludes halogenated alkanes) is 1. The molecule has 5 heteroatoms. The lowest BCUT2D eigenvalue weighted by molar-refractivity contribution is 0.0986. The Labute approximate surface area is 107 Å². The van der Waals surface area contributed by atoms with Crippen LogP contribution in [-0.4, -0.2) is 25.7 Å². The van der Waals surface area contributed by atoms with Crippen LogP contribution in [0.4, 0.5) is 0 Å². The van der Waals surface area contributed by atoms with Gasteiger partial charge < -0.3 is 0 Å². The van der Waals surface area contributed by atoms with Crippen molar-refractivity contribution in [1.29, 1.82) is 0 Å². The molecule has 1 aromatic heterocycles. The van der Waals surface area contributed by atoms with E-state index in [1.54, 1.807) is 6.07 Å². The third-order valence-corrected chi connectivity index (χ3v) is 5.20. The van der Waals surface area contributed by atoms with E-state index in [9.17, 15) is 13.2 Å². The molecule has 1 rings (SSSR count). The first-order chi connectivity index (χ1) is 8.05. The van der Waals surface area contributed by atoms with Gasteiger partial charge in [-0.2, -0.15) is 0 Å². The lowest BCUT2D eigenvalue weighted by Gasteiger charge is -2.02. The highest BCUT2D eigenvalue weighted by atomic mass is 32.2. The summed E-state index contributed by atoms with van der Waals surface area (Å²) in [4.78, 5) is 12.3. The molecule has 0 atom stereocenters. The summed E-state index contributed by atoms with van der Waals surface area (Å²) in [7, 11) is -2.96. The van der Waals surface area contributed by atoms with Gasteiger partial charge in [0.2, 0.25) is 0 Å². The number of rotatable bonds is 8. The molecule has 0 aliphatic carbocycles. The second-order valence-electron chi connectivity index (χ2n) is 4.01. The number of carbonyl (C=O) groups is 1. The van der Waals surface area contributed by atoms with E-state index in [1.165, 1.54) is 11.3 Å². The van der Waals surface area contributed by atoms with E-state index >= 15 is 0 Å². The molecule has 0 bridgehead atoms. The summed E-state index contributed by atoms with van der Waals surface area (Å²) < 4.78 is 23.1. The maximum atomic E-state index is 11.6. The molecule has 17 heavy (non-hydrogen) atoms. The molecule has 3 nitrogen and oxygen atoms in total. The summed E-state index contributed by atoms with van der Waals surface area (Å²) in [6.07, 6.45) is 2.35. The predicted octanol–water partition coefficient (Wildman–Crippen LogP) is 2.93. The Kier molecular flexibility index (Phi) is 5.85. The minimum absolute atomic E-state index is 0.0469. The molecule has 0 spiro atoms. The van der Waals surface area contributed by atoms with Crippen LogP contribution in [0, 0.1) is 0 Å². The Morgan fingerprint density at radius 3 is 2.59 bits per heavy atom. The first-order valence-electron chi connectivity index (χ1n) is 5.82. The second kappa shape index (κ2) is 6.91. The van der Waals surface area contributed by atoms with Gasteiger partial charge in [0.15, 0.2) is 5.78 Å². The van der Waals surface area contributed by atoms with Gasteiger partial charge in [0.1, 0.15) is 9.84 Å². The first-order valence-corrected chi connectivity index (χ1v) is 8.52. The quantitative estimate of drug-likeness (QED) is 0.685. The number of carbonyl (C=O) groups excluding carboxylic acids is 1. The SMILES string of the molecule is CCCCS(=O)(=O)CCCC(=O)c1cccs1. The lowest BCUT2D eigenvalue weighted by Crippen LogP contribution is -2.12. The zero-order valence-electron chi connectivity index (χ0n) is 10.0. The van der Waals surface area contributed by atoms with Crippen LogP contribution in [0.15, 0.2) is 17.5 Å². The molecule has 0 saturated heterocycles. The summed E-state index contributed by atoms with van der Waals surface area (Å²) in [5.74, 6) is 0.423. The zero-order chi connectivity index (χ0) is 12.7. The van der Waals surface area contributed by atoms with Gasteiger partial charge in [0.05, 0.1) is 16.4 Å². The van der Waals surface area contributed by atoms with Crippen molar-refractivity contribution < 1.29 is 13.2 Å². The Morgan fingerprint density at radius 1 is 1.29 bits per heavy atom. The zero-order valence-corrected chi connectivity index (χ0v) is 11.6. The number of Topliss-reactive ketones (excluding diaryl/α,β-unsaturated/α-hetero) is 1. The standard InChI is InChI=1S/C12H18O3S2/c1-2-3-9-17(14,15)10-5-6-11(13)12-7-4-8-16-12/h4,7-8H,2-3,5-6,9-10H2,1H3. The van der Waals surface area contributed by atoms with Gasteiger partial charge in [-0.3, -0.25) is 4.79 Å². The van der Waals surface area contributed by atoms with Gasteiger partial charge in [-0.15, -0.1) is 11.3 Å². The molecule has 0 unspecified atom stereocenters. The van der Waals surface area contributed by atoms with Crippen molar-refractivity contribution in [3.05, 3.63) is 22.4 Å². The summed E-state index contributed by atoms with van der Waals surface area (Å²) >= 11 is 1.40. The molecule has 96 valence electrons. The summed E-state index contributed by atoms with van der Waals surface area (Å²) in [5.41, 5.74) is 0. The monoisotopic (exact) mass is 274 g/mol. The largest absolute Gasteiger partial charge is 0.293 e. The van der Waals surface area contributed by atoms with Gasteiger partial charge in [-0.1, -0.05) is 19.4 Å². The topological polar surface area (TPSA) is 51.2 Å². The third-order valence-electron chi connectivity index (χ3n) is 2.46. The Hall–Kier alpha value is -0.680. The number of sulfone groups is 1. The normalized spacial score (nSPS) is 11.6. The number of hydrogen-bond donors (Lipinski definition) is 0. The van der Waals surface area contributed by atoms with Gasteiger partial charge in [-0.25, -0.2) is 8.42 Å². The van der Waals surface area contributed by atoms with E-state index in [0.29, 0.717) is 19.3 Å². The highest BCUT2D eigenvalue weighted by Gasteiger charge is 2.12. The van der Waals surface area contributed by atoms with Crippen molar-refractivity contribution in [2.75, 3.05) is 11.5 Å². The van der Waals surface area contributed by atoms with Crippen molar-refractivity contribution in [2.24, 2.45) is 0 Å². The molecular weight excluding hydrogens is 256 g/mol. The van der Waals surface area contributed by atoms with Gasteiger partial charge in [-0.05, 0) is 24.3 Å². The Bertz CT molecular complexity index is 432. The van der Waals surface area contributed by atoms with E-state index in [1.807, 2.05) is 18.4 Å². The minimum Gasteiger partial charge on any atom is -0.293 e. The van der Waals surface area contributed by atoms with Crippen molar-refractivity contribution >= 4 is 27.0 Å². The van der Waals surface area contributed by atoms with Crippen LogP contribution in [0.1, 0.15) is 42.3 Å². The molecule has 0 aliphatic heterocycles. The van der Waals surface area contributed by atoms with Crippen LogP contribution in [-0.2, 0) is 9.84 Å². The maximum absolute atomic E-state index is 11.6. The number of hydrogen-bond acceptors (Lipinski definition) is 4. The van der Waals surface area contributed by atoms with Crippen molar-refractivity contribution in [3.8, 4) is 0 Å². The summed E-state index contributed by atoms with van der Waals surface area (Å²) in [5, 5.41) is 1.85. The average molecular weight is 274 g/mol. The Balaban J connectivity index is 2.30. The summed E-state index contributed by atoms with van der Waals surface area (Å²) in [6.45, 7) is 1.97. The van der Waals surface area contributed by atoms with E-state index in [2.05, 4.69) is 0 Å². The van der Waals surface area contributed by atoms with Gasteiger partial charge in [0.25, 0.3) is 0 Å². The van der Waals surface area contributed by atoms with Gasteiger partial charge >= 0.3 is 0 Å². The molecule has 0 aromatic carbocycles. The van der Waals surface area contributed by atoms with Gasteiger partial charge in [0, 0.05) is 6.42 Å². The molecule has 0 radical (unpaired) electrons. The molecule has 0 amide bonds. The smallest absolute Gasteiger partial charge is 0.172 e. The Morgan fingerprint density at radius 2 is 2.00 bits per heavy atom. The second-order valence-corrected chi connectivity index (χ2v) is 7.26. The van der Waals surface area contributed by atoms with Crippen molar-refractivity contribution in [2.45, 2.75) is 32.6 Å². The fourth-order valence-corrected chi connectivity index (χ4v) is 3.69. The average Bonchev–Trinajstić information content (AvgIpc) is 2.79. The van der Waals surface area contributed by atoms with E-state index < -0.39 is 9.84 Å². The van der Waals surface area contributed by atoms with E-state index in [-0.39, 0.29) is 17.3 Å². The van der Waals surface area contributed by atoms with Crippen LogP contribution < -0.4 is 0 Å². The molecule has 0 aliphatic rings. The molecule has 0 N–H and O–H groups in total. The summed E-state index contributed by atoms with van der Waals surface area (Å²) in [6, 6.07) is 3.61. The van der Waals surface area contributed by atoms with Crippen molar-refractivity contribution in [1.82, 2.24) is 0 Å². The van der Waals surface area contributed by atoms with E-state index in [4.69, 9.17) is 0 Å². The molecular formula is C12H18O3S2. The predicted molar refractivity (Wildman–Crippen MR) is 71.4 cm³/mol. The molecule has 1 heterocycles. The molecule has 1 aromatic rings. The number of thiophene rings is 1. The van der Waals surface area contributed by atoms with Crippen LogP contribution >= 0.6 is 11.3 Å². The van der Waals surface area contributed by atoms with Crippen molar-refractivity contribution in [3.63, 3.8) is 0 Å². The first kappa shape index (κ1) is 14.4. The fraction of sp³-hybridized carbons (Fsp3) is 0.583. The maximum Gasteiger partial charge on any atom is 0.172 e. The minimum atomic E-state index is -2.96. The highest BCUT2D eigenvalue weighted by Crippen LogP contribution is 2.13. The highest BCUT2D eigenvalue weighted by molar-refractivity contribution is 7.91. The number of ketones is 1. The molecule has 0 saturated carbocycles. The molecule has 0 fully saturated rings. The lowest BCUT2D eigenvalue weighted by atomic mass is 10.2.